The van der Waals surface area contributed by atoms with E-state index in [4.69, 9.17) is 4.74 Å². The molecule has 1 aliphatic rings. The molecule has 4 aromatic rings. The number of nitrogens with one attached hydrogen (secondary N) is 2. The molecule has 4 heterocycles. The minimum Gasteiger partial charge on any atom is -0.493 e. The summed E-state index contributed by atoms with van der Waals surface area (Å²) >= 11 is 0. The lowest BCUT2D eigenvalue weighted by molar-refractivity contribution is 0.0650. The summed E-state index contributed by atoms with van der Waals surface area (Å²) in [5, 5.41) is 14.6. The number of aliphatic hydroxyl groups is 1. The summed E-state index contributed by atoms with van der Waals surface area (Å²) in [6.45, 7) is 7.82. The lowest BCUT2D eigenvalue weighted by Crippen LogP contribution is -2.47. The van der Waals surface area contributed by atoms with Gasteiger partial charge in [0.1, 0.15) is 11.4 Å². The van der Waals surface area contributed by atoms with Gasteiger partial charge in [0.25, 0.3) is 5.91 Å². The molecule has 0 aliphatic carbocycles. The van der Waals surface area contributed by atoms with Crippen molar-refractivity contribution in [1.29, 1.82) is 0 Å². The highest BCUT2D eigenvalue weighted by atomic mass is 16.5. The van der Waals surface area contributed by atoms with E-state index in [1.165, 1.54) is 0 Å². The summed E-state index contributed by atoms with van der Waals surface area (Å²) in [6, 6.07) is 13.2. The summed E-state index contributed by atoms with van der Waals surface area (Å²) in [5.74, 6) is 1.23. The Morgan fingerprint density at radius 2 is 1.85 bits per heavy atom. The van der Waals surface area contributed by atoms with Gasteiger partial charge in [-0.2, -0.15) is 0 Å². The highest BCUT2D eigenvalue weighted by molar-refractivity contribution is 5.98. The number of hydrogen-bond acceptors (Lipinski definition) is 8. The Kier molecular flexibility index (Phi) is 9.11. The smallest absolute Gasteiger partial charge is 0.270 e. The molecule has 0 radical (unpaired) electrons. The number of anilines is 2. The third-order valence-corrected chi connectivity index (χ3v) is 7.66. The maximum Gasteiger partial charge on any atom is 0.270 e. The Bertz CT molecular complexity index is 1470. The zero-order valence-corrected chi connectivity index (χ0v) is 24.0. The molecule has 3 aromatic heterocycles. The van der Waals surface area contributed by atoms with Gasteiger partial charge < -0.3 is 29.9 Å². The fourth-order valence-electron chi connectivity index (χ4n) is 5.07. The van der Waals surface area contributed by atoms with Crippen LogP contribution in [0.1, 0.15) is 43.6 Å². The number of hydrogen-bond donors (Lipinski definition) is 3. The molecule has 1 saturated heterocycles. The van der Waals surface area contributed by atoms with Gasteiger partial charge in [-0.3, -0.25) is 9.78 Å². The van der Waals surface area contributed by atoms with E-state index < -0.39 is 0 Å². The van der Waals surface area contributed by atoms with Gasteiger partial charge in [-0.15, -0.1) is 0 Å². The Labute approximate surface area is 240 Å². The molecule has 10 heteroatoms. The first-order valence-electron chi connectivity index (χ1n) is 14.4. The van der Waals surface area contributed by atoms with Crippen molar-refractivity contribution < 1.29 is 14.6 Å². The molecule has 41 heavy (non-hydrogen) atoms. The predicted molar refractivity (Wildman–Crippen MR) is 160 cm³/mol. The van der Waals surface area contributed by atoms with Gasteiger partial charge in [-0.25, -0.2) is 9.97 Å². The van der Waals surface area contributed by atoms with E-state index >= 15 is 0 Å². The predicted octanol–water partition coefficient (Wildman–Crippen LogP) is 4.72. The van der Waals surface area contributed by atoms with Gasteiger partial charge in [0.15, 0.2) is 0 Å². The third kappa shape index (κ3) is 7.01. The normalized spacial score (nSPS) is 15.6. The van der Waals surface area contributed by atoms with E-state index in [-0.39, 0.29) is 17.9 Å². The van der Waals surface area contributed by atoms with Crippen molar-refractivity contribution in [3.8, 4) is 17.1 Å². The second-order valence-electron chi connectivity index (χ2n) is 10.7. The summed E-state index contributed by atoms with van der Waals surface area (Å²) in [4.78, 5) is 33.9. The summed E-state index contributed by atoms with van der Waals surface area (Å²) in [7, 11) is 2.07. The molecular formula is C31H39N7O3. The monoisotopic (exact) mass is 557 g/mol. The minimum atomic E-state index is -0.365. The number of nitrogens with zero attached hydrogens (tertiary/aromatic N) is 5. The number of benzene rings is 1. The van der Waals surface area contributed by atoms with Crippen LogP contribution in [0.5, 0.6) is 5.75 Å². The van der Waals surface area contributed by atoms with Crippen LogP contribution in [0.4, 0.5) is 11.6 Å². The number of ether oxygens (including phenoxy) is 1. The molecule has 2 unspecified atom stereocenters. The second-order valence-corrected chi connectivity index (χ2v) is 10.7. The Morgan fingerprint density at radius 1 is 1.05 bits per heavy atom. The fourth-order valence-corrected chi connectivity index (χ4v) is 5.07. The van der Waals surface area contributed by atoms with Crippen molar-refractivity contribution in [1.82, 2.24) is 29.7 Å². The zero-order chi connectivity index (χ0) is 28.8. The second kappa shape index (κ2) is 13.1. The average Bonchev–Trinajstić information content (AvgIpc) is 3.41. The fraction of sp³-hybridized carbons (Fsp3) is 0.419. The number of rotatable bonds is 11. The lowest BCUT2D eigenvalue weighted by atomic mass is 9.97. The summed E-state index contributed by atoms with van der Waals surface area (Å²) in [6.07, 6.45) is 5.59. The highest BCUT2D eigenvalue weighted by Gasteiger charge is 2.22. The molecule has 2 atom stereocenters. The Hall–Kier alpha value is -4.02. The number of amides is 1. The first kappa shape index (κ1) is 28.5. The molecular weight excluding hydrogens is 518 g/mol. The van der Waals surface area contributed by atoms with Gasteiger partial charge in [-0.05, 0) is 56.3 Å². The molecule has 1 amide bonds. The molecule has 0 spiro atoms. The van der Waals surface area contributed by atoms with Crippen LogP contribution >= 0.6 is 0 Å². The number of piperazine rings is 1. The quantitative estimate of drug-likeness (QED) is 0.242. The average molecular weight is 558 g/mol. The van der Waals surface area contributed by atoms with E-state index in [0.717, 1.165) is 62.0 Å². The number of carbonyl (C=O) groups is 1. The van der Waals surface area contributed by atoms with Gasteiger partial charge in [0, 0.05) is 67.1 Å². The van der Waals surface area contributed by atoms with Crippen molar-refractivity contribution in [2.24, 2.45) is 5.92 Å². The number of likely N-dealkylation sites (N-methyl/N-ethyl adjacent to an activating group) is 1. The van der Waals surface area contributed by atoms with E-state index in [1.807, 2.05) is 47.4 Å². The molecule has 1 fully saturated rings. The molecule has 3 N–H and O–H groups in total. The number of aromatic nitrogens is 4. The van der Waals surface area contributed by atoms with Crippen molar-refractivity contribution in [3.05, 3.63) is 60.6 Å². The molecule has 5 rings (SSSR count). The van der Waals surface area contributed by atoms with Crippen LogP contribution in [0.15, 0.2) is 54.9 Å². The number of carbonyl (C=O) groups excluding carboxylic acids is 1. The molecule has 10 nitrogen and oxygen atoms in total. The maximum absolute atomic E-state index is 13.0. The number of pyridine rings is 1. The van der Waals surface area contributed by atoms with Crippen LogP contribution in [-0.2, 0) is 0 Å². The van der Waals surface area contributed by atoms with E-state index in [2.05, 4.69) is 51.0 Å². The third-order valence-electron chi connectivity index (χ3n) is 7.66. The van der Waals surface area contributed by atoms with Crippen LogP contribution in [0, 0.1) is 5.92 Å². The van der Waals surface area contributed by atoms with Crippen LogP contribution < -0.4 is 10.1 Å². The standard InChI is InChI=1S/C31H39N7O3/c1-4-6-29(39)21(5-2)20-41-24-9-11-32-27(19-24)26-10-12-33-31(36-26)34-23-7-8-25-22(17-23)18-28(35-25)30(40)38-15-13-37(3)14-16-38/h7-12,17-19,21,29,35,39H,4-6,13-16,20H2,1-3H3,(H,33,34,36). The Balaban J connectivity index is 1.26. The molecule has 216 valence electrons. The SMILES string of the molecule is CCCC(O)C(CC)COc1ccnc(-c2ccnc(Nc3ccc4[nH]c(C(=O)N5CCN(C)CC5)cc4c3)n2)c1. The Morgan fingerprint density at radius 3 is 2.63 bits per heavy atom. The van der Waals surface area contributed by atoms with Gasteiger partial charge in [0.05, 0.1) is 24.1 Å². The van der Waals surface area contributed by atoms with E-state index in [0.29, 0.717) is 35.4 Å². The van der Waals surface area contributed by atoms with E-state index in [9.17, 15) is 9.90 Å². The topological polar surface area (TPSA) is 119 Å². The first-order chi connectivity index (χ1) is 19.9. The summed E-state index contributed by atoms with van der Waals surface area (Å²) < 4.78 is 6.03. The molecule has 1 aliphatic heterocycles. The largest absolute Gasteiger partial charge is 0.493 e. The van der Waals surface area contributed by atoms with Crippen molar-refractivity contribution in [2.45, 2.75) is 39.2 Å². The van der Waals surface area contributed by atoms with Crippen molar-refractivity contribution in [2.75, 3.05) is 45.2 Å². The molecule has 0 bridgehead atoms. The van der Waals surface area contributed by atoms with Crippen LogP contribution in [0.2, 0.25) is 0 Å². The number of aromatic amines is 1. The van der Waals surface area contributed by atoms with Crippen LogP contribution in [0.25, 0.3) is 22.3 Å². The maximum atomic E-state index is 13.0. The number of aliphatic hydroxyl groups excluding tert-OH is 1. The van der Waals surface area contributed by atoms with Gasteiger partial charge in [0.2, 0.25) is 5.95 Å². The zero-order valence-electron chi connectivity index (χ0n) is 24.0. The van der Waals surface area contributed by atoms with Crippen molar-refractivity contribution in [3.63, 3.8) is 0 Å². The highest BCUT2D eigenvalue weighted by Crippen LogP contribution is 2.25. The van der Waals surface area contributed by atoms with Crippen LogP contribution in [0.3, 0.4) is 0 Å². The number of H-pyrrole nitrogens is 1. The summed E-state index contributed by atoms with van der Waals surface area (Å²) in [5.41, 5.74) is 3.64. The van der Waals surface area contributed by atoms with Gasteiger partial charge in [-0.1, -0.05) is 20.3 Å². The van der Waals surface area contributed by atoms with Crippen molar-refractivity contribution >= 4 is 28.4 Å². The number of fused-ring (bicyclic) bond motifs is 1. The minimum absolute atomic E-state index is 0.0286. The lowest BCUT2D eigenvalue weighted by Gasteiger charge is -2.32. The van der Waals surface area contributed by atoms with Gasteiger partial charge >= 0.3 is 0 Å². The molecule has 1 aromatic carbocycles. The molecule has 0 saturated carbocycles. The van der Waals surface area contributed by atoms with Crippen LogP contribution in [-0.4, -0.2) is 86.7 Å². The first-order valence-corrected chi connectivity index (χ1v) is 14.4. The van der Waals surface area contributed by atoms with E-state index in [1.54, 1.807) is 12.4 Å².